The molecule has 3 nitrogen and oxygen atoms in total. The summed E-state index contributed by atoms with van der Waals surface area (Å²) < 4.78 is 10.8. The van der Waals surface area contributed by atoms with Crippen LogP contribution in [-0.2, 0) is 14.3 Å². The molecule has 0 aliphatic heterocycles. The molecule has 1 aliphatic carbocycles. The standard InChI is InChI=1S/C11H20O3/c1-3-13-9-10(12)11(14-4-2)7-5-6-8-11/h3-9H2,1-2H3. The Hall–Kier alpha value is -0.410. The first kappa shape index (κ1) is 11.7. The Morgan fingerprint density at radius 3 is 2.36 bits per heavy atom. The lowest BCUT2D eigenvalue weighted by atomic mass is 9.96. The molecule has 0 aromatic rings. The lowest BCUT2D eigenvalue weighted by Gasteiger charge is -2.26. The van der Waals surface area contributed by atoms with Crippen molar-refractivity contribution in [2.24, 2.45) is 0 Å². The molecule has 0 aromatic heterocycles. The van der Waals surface area contributed by atoms with Crippen molar-refractivity contribution in [1.82, 2.24) is 0 Å². The van der Waals surface area contributed by atoms with Gasteiger partial charge in [0.2, 0.25) is 0 Å². The van der Waals surface area contributed by atoms with Gasteiger partial charge in [-0.15, -0.1) is 0 Å². The van der Waals surface area contributed by atoms with Crippen molar-refractivity contribution >= 4 is 5.78 Å². The van der Waals surface area contributed by atoms with Gasteiger partial charge in [0.05, 0.1) is 0 Å². The summed E-state index contributed by atoms with van der Waals surface area (Å²) in [6.07, 6.45) is 3.93. The van der Waals surface area contributed by atoms with Gasteiger partial charge in [-0.1, -0.05) is 0 Å². The maximum atomic E-state index is 11.9. The number of hydrogen-bond donors (Lipinski definition) is 0. The van der Waals surface area contributed by atoms with E-state index in [1.54, 1.807) is 0 Å². The first-order valence-electron chi connectivity index (χ1n) is 5.50. The van der Waals surface area contributed by atoms with E-state index in [-0.39, 0.29) is 12.4 Å². The number of rotatable bonds is 6. The molecule has 1 aliphatic rings. The number of hydrogen-bond acceptors (Lipinski definition) is 3. The van der Waals surface area contributed by atoms with Crippen LogP contribution in [0.4, 0.5) is 0 Å². The molecule has 3 heteroatoms. The van der Waals surface area contributed by atoms with E-state index in [9.17, 15) is 4.79 Å². The van der Waals surface area contributed by atoms with Gasteiger partial charge in [-0.2, -0.15) is 0 Å². The number of Topliss-reactive ketones (excluding diaryl/α,β-unsaturated/α-hetero) is 1. The number of carbonyl (C=O) groups excluding carboxylic acids is 1. The number of ketones is 1. The van der Waals surface area contributed by atoms with Gasteiger partial charge >= 0.3 is 0 Å². The summed E-state index contributed by atoms with van der Waals surface area (Å²) in [5, 5.41) is 0. The Balaban J connectivity index is 2.52. The third kappa shape index (κ3) is 2.55. The SMILES string of the molecule is CCOCC(=O)C1(OCC)CCCC1. The monoisotopic (exact) mass is 200 g/mol. The highest BCUT2D eigenvalue weighted by atomic mass is 16.5. The molecule has 0 radical (unpaired) electrons. The van der Waals surface area contributed by atoms with E-state index >= 15 is 0 Å². The minimum absolute atomic E-state index is 0.124. The van der Waals surface area contributed by atoms with E-state index in [1.165, 1.54) is 0 Å². The van der Waals surface area contributed by atoms with E-state index in [1.807, 2.05) is 13.8 Å². The van der Waals surface area contributed by atoms with Gasteiger partial charge in [-0.3, -0.25) is 4.79 Å². The summed E-state index contributed by atoms with van der Waals surface area (Å²) in [6, 6.07) is 0. The van der Waals surface area contributed by atoms with Crippen molar-refractivity contribution in [2.75, 3.05) is 19.8 Å². The van der Waals surface area contributed by atoms with Crippen LogP contribution in [0.25, 0.3) is 0 Å². The normalized spacial score (nSPS) is 19.9. The fraction of sp³-hybridized carbons (Fsp3) is 0.909. The topological polar surface area (TPSA) is 35.5 Å². The van der Waals surface area contributed by atoms with Crippen LogP contribution in [0.3, 0.4) is 0 Å². The Labute approximate surface area is 85.8 Å². The smallest absolute Gasteiger partial charge is 0.190 e. The molecule has 0 saturated heterocycles. The third-order valence-corrected chi connectivity index (χ3v) is 2.78. The van der Waals surface area contributed by atoms with Crippen molar-refractivity contribution < 1.29 is 14.3 Å². The summed E-state index contributed by atoms with van der Waals surface area (Å²) in [4.78, 5) is 11.9. The van der Waals surface area contributed by atoms with Crippen molar-refractivity contribution in [3.8, 4) is 0 Å². The molecule has 1 fully saturated rings. The van der Waals surface area contributed by atoms with E-state index in [0.717, 1.165) is 25.7 Å². The second kappa shape index (κ2) is 5.47. The van der Waals surface area contributed by atoms with E-state index in [2.05, 4.69) is 0 Å². The molecule has 0 bridgehead atoms. The van der Waals surface area contributed by atoms with Crippen LogP contribution >= 0.6 is 0 Å². The molecule has 0 amide bonds. The molecule has 14 heavy (non-hydrogen) atoms. The molecule has 0 unspecified atom stereocenters. The largest absolute Gasteiger partial charge is 0.374 e. The number of ether oxygens (including phenoxy) is 2. The fourth-order valence-corrected chi connectivity index (χ4v) is 2.05. The zero-order valence-corrected chi connectivity index (χ0v) is 9.17. The quantitative estimate of drug-likeness (QED) is 0.657. The lowest BCUT2D eigenvalue weighted by Crippen LogP contribution is -2.41. The highest BCUT2D eigenvalue weighted by Crippen LogP contribution is 2.34. The molecular formula is C11H20O3. The molecule has 0 spiro atoms. The van der Waals surface area contributed by atoms with Crippen molar-refractivity contribution in [1.29, 1.82) is 0 Å². The van der Waals surface area contributed by atoms with E-state index < -0.39 is 5.60 Å². The highest BCUT2D eigenvalue weighted by molar-refractivity contribution is 5.88. The molecule has 0 heterocycles. The van der Waals surface area contributed by atoms with Gasteiger partial charge in [-0.25, -0.2) is 0 Å². The number of carbonyl (C=O) groups is 1. The van der Waals surface area contributed by atoms with Crippen LogP contribution in [0.15, 0.2) is 0 Å². The van der Waals surface area contributed by atoms with Crippen LogP contribution in [-0.4, -0.2) is 31.2 Å². The summed E-state index contributed by atoms with van der Waals surface area (Å²) in [7, 11) is 0. The average molecular weight is 200 g/mol. The van der Waals surface area contributed by atoms with Crippen molar-refractivity contribution in [2.45, 2.75) is 45.1 Å². The highest BCUT2D eigenvalue weighted by Gasteiger charge is 2.41. The predicted octanol–water partition coefficient (Wildman–Crippen LogP) is 1.94. The average Bonchev–Trinajstić information content (AvgIpc) is 2.64. The molecule has 82 valence electrons. The van der Waals surface area contributed by atoms with Gasteiger partial charge in [0, 0.05) is 13.2 Å². The summed E-state index contributed by atoms with van der Waals surface area (Å²) >= 11 is 0. The zero-order valence-electron chi connectivity index (χ0n) is 9.17. The van der Waals surface area contributed by atoms with Gasteiger partial charge in [0.25, 0.3) is 0 Å². The predicted molar refractivity (Wildman–Crippen MR) is 54.3 cm³/mol. The Kier molecular flexibility index (Phi) is 4.55. The molecule has 1 saturated carbocycles. The molecule has 0 atom stereocenters. The van der Waals surface area contributed by atoms with Gasteiger partial charge < -0.3 is 9.47 Å². The van der Waals surface area contributed by atoms with Crippen LogP contribution in [0.5, 0.6) is 0 Å². The molecule has 0 N–H and O–H groups in total. The first-order chi connectivity index (χ1) is 6.75. The second-order valence-corrected chi connectivity index (χ2v) is 3.69. The lowest BCUT2D eigenvalue weighted by molar-refractivity contribution is -0.148. The Morgan fingerprint density at radius 1 is 1.21 bits per heavy atom. The van der Waals surface area contributed by atoms with Crippen LogP contribution in [0.1, 0.15) is 39.5 Å². The maximum absolute atomic E-state index is 11.9. The van der Waals surface area contributed by atoms with Gasteiger partial charge in [0.1, 0.15) is 12.2 Å². The Bertz CT molecular complexity index is 183. The first-order valence-corrected chi connectivity index (χ1v) is 5.50. The summed E-state index contributed by atoms with van der Waals surface area (Å²) in [5.74, 6) is 0.124. The van der Waals surface area contributed by atoms with Gasteiger partial charge in [-0.05, 0) is 39.5 Å². The van der Waals surface area contributed by atoms with Crippen molar-refractivity contribution in [3.05, 3.63) is 0 Å². The van der Waals surface area contributed by atoms with E-state index in [0.29, 0.717) is 13.2 Å². The minimum Gasteiger partial charge on any atom is -0.374 e. The fourth-order valence-electron chi connectivity index (χ4n) is 2.05. The molecular weight excluding hydrogens is 180 g/mol. The zero-order chi connectivity index (χ0) is 10.4. The Morgan fingerprint density at radius 2 is 1.86 bits per heavy atom. The third-order valence-electron chi connectivity index (χ3n) is 2.78. The summed E-state index contributed by atoms with van der Waals surface area (Å²) in [6.45, 7) is 5.24. The second-order valence-electron chi connectivity index (χ2n) is 3.69. The van der Waals surface area contributed by atoms with Crippen LogP contribution < -0.4 is 0 Å². The van der Waals surface area contributed by atoms with Crippen molar-refractivity contribution in [3.63, 3.8) is 0 Å². The van der Waals surface area contributed by atoms with Crippen LogP contribution in [0, 0.1) is 0 Å². The van der Waals surface area contributed by atoms with Crippen LogP contribution in [0.2, 0.25) is 0 Å². The molecule has 1 rings (SSSR count). The minimum atomic E-state index is -0.510. The summed E-state index contributed by atoms with van der Waals surface area (Å²) in [5.41, 5.74) is -0.510. The maximum Gasteiger partial charge on any atom is 0.190 e. The molecule has 0 aromatic carbocycles. The van der Waals surface area contributed by atoms with Gasteiger partial charge in [0.15, 0.2) is 5.78 Å². The van der Waals surface area contributed by atoms with E-state index in [4.69, 9.17) is 9.47 Å².